The van der Waals surface area contributed by atoms with Gasteiger partial charge >= 0.3 is 0 Å². The molecule has 0 atom stereocenters. The number of nitrogens with zero attached hydrogens (tertiary/aromatic N) is 3. The van der Waals surface area contributed by atoms with E-state index in [4.69, 9.17) is 4.74 Å². The highest BCUT2D eigenvalue weighted by atomic mass is 32.1. The average molecular weight is 463 g/mol. The van der Waals surface area contributed by atoms with Crippen LogP contribution in [0.5, 0.6) is 11.5 Å². The second kappa shape index (κ2) is 9.47. The third kappa shape index (κ3) is 4.85. The standard InChI is InChI=1S/C26H27FN4OS/c1-28-20-7-8-23(21(27)15-20)32-24-9-10-29-22-16-25(33-26(22)24)19-5-3-18(4-6-19)17-31-13-11-30(2)12-14-31/h3-10,15-16,28H,11-14,17H2,1-2H3. The first-order valence-electron chi connectivity index (χ1n) is 11.1. The third-order valence-corrected chi connectivity index (χ3v) is 7.24. The zero-order valence-electron chi connectivity index (χ0n) is 18.8. The summed E-state index contributed by atoms with van der Waals surface area (Å²) in [5.41, 5.74) is 4.03. The lowest BCUT2D eigenvalue weighted by molar-refractivity contribution is 0.148. The van der Waals surface area contributed by atoms with Crippen molar-refractivity contribution in [1.82, 2.24) is 14.8 Å². The van der Waals surface area contributed by atoms with E-state index in [9.17, 15) is 4.39 Å². The summed E-state index contributed by atoms with van der Waals surface area (Å²) in [5, 5.41) is 2.93. The van der Waals surface area contributed by atoms with Gasteiger partial charge in [-0.3, -0.25) is 9.88 Å². The molecular formula is C26H27FN4OS. The number of hydrogen-bond acceptors (Lipinski definition) is 6. The number of aromatic nitrogens is 1. The van der Waals surface area contributed by atoms with Crippen molar-refractivity contribution < 1.29 is 9.13 Å². The summed E-state index contributed by atoms with van der Waals surface area (Å²) in [6.45, 7) is 5.46. The van der Waals surface area contributed by atoms with E-state index >= 15 is 0 Å². The van der Waals surface area contributed by atoms with Gasteiger partial charge in [0.1, 0.15) is 5.75 Å². The number of likely N-dealkylation sites (N-methyl/N-ethyl adjacent to an activating group) is 1. The first-order chi connectivity index (χ1) is 16.1. The SMILES string of the molecule is CNc1ccc(Oc2ccnc3cc(-c4ccc(CN5CCN(C)CC5)cc4)sc23)c(F)c1. The lowest BCUT2D eigenvalue weighted by Crippen LogP contribution is -2.43. The second-order valence-electron chi connectivity index (χ2n) is 8.41. The van der Waals surface area contributed by atoms with Crippen molar-refractivity contribution >= 4 is 27.2 Å². The van der Waals surface area contributed by atoms with E-state index in [2.05, 4.69) is 57.5 Å². The molecule has 1 aliphatic heterocycles. The minimum atomic E-state index is -0.403. The number of ether oxygens (including phenoxy) is 1. The van der Waals surface area contributed by atoms with Crippen LogP contribution >= 0.6 is 11.3 Å². The maximum Gasteiger partial charge on any atom is 0.167 e. The Morgan fingerprint density at radius 3 is 2.52 bits per heavy atom. The summed E-state index contributed by atoms with van der Waals surface area (Å²) in [6, 6.07) is 17.5. The van der Waals surface area contributed by atoms with E-state index in [-0.39, 0.29) is 5.75 Å². The molecule has 7 heteroatoms. The fraction of sp³-hybridized carbons (Fsp3) is 0.269. The number of fused-ring (bicyclic) bond motifs is 1. The molecule has 2 aromatic carbocycles. The Labute approximate surface area is 197 Å². The highest BCUT2D eigenvalue weighted by molar-refractivity contribution is 7.22. The van der Waals surface area contributed by atoms with Crippen LogP contribution in [0.25, 0.3) is 20.7 Å². The first kappa shape index (κ1) is 21.8. The van der Waals surface area contributed by atoms with E-state index in [0.717, 1.165) is 53.4 Å². The Kier molecular flexibility index (Phi) is 6.26. The molecule has 5 rings (SSSR count). The van der Waals surface area contributed by atoms with Crippen LogP contribution in [-0.4, -0.2) is 55.1 Å². The third-order valence-electron chi connectivity index (χ3n) is 6.06. The van der Waals surface area contributed by atoms with Gasteiger partial charge in [-0.15, -0.1) is 11.3 Å². The van der Waals surface area contributed by atoms with Crippen molar-refractivity contribution in [3.8, 4) is 21.9 Å². The van der Waals surface area contributed by atoms with E-state index < -0.39 is 5.82 Å². The largest absolute Gasteiger partial charge is 0.453 e. The average Bonchev–Trinajstić information content (AvgIpc) is 3.28. The molecule has 1 fully saturated rings. The first-order valence-corrected chi connectivity index (χ1v) is 11.9. The van der Waals surface area contributed by atoms with Gasteiger partial charge in [-0.25, -0.2) is 4.39 Å². The number of rotatable bonds is 6. The minimum absolute atomic E-state index is 0.199. The van der Waals surface area contributed by atoms with Crippen molar-refractivity contribution in [3.05, 3.63) is 72.2 Å². The summed E-state index contributed by atoms with van der Waals surface area (Å²) in [4.78, 5) is 10.5. The van der Waals surface area contributed by atoms with Gasteiger partial charge in [0.15, 0.2) is 11.6 Å². The molecule has 4 aromatic rings. The van der Waals surface area contributed by atoms with Crippen LogP contribution in [0.2, 0.25) is 0 Å². The zero-order valence-corrected chi connectivity index (χ0v) is 19.7. The molecule has 0 bridgehead atoms. The van der Waals surface area contributed by atoms with Crippen LogP contribution in [0, 0.1) is 5.82 Å². The van der Waals surface area contributed by atoms with E-state index in [0.29, 0.717) is 11.4 Å². The predicted octanol–water partition coefficient (Wildman–Crippen LogP) is 5.68. The molecule has 33 heavy (non-hydrogen) atoms. The molecule has 5 nitrogen and oxygen atoms in total. The molecule has 0 saturated carbocycles. The van der Waals surface area contributed by atoms with Crippen LogP contribution in [-0.2, 0) is 6.54 Å². The molecule has 0 aliphatic carbocycles. The fourth-order valence-corrected chi connectivity index (χ4v) is 5.10. The van der Waals surface area contributed by atoms with Crippen molar-refractivity contribution in [1.29, 1.82) is 0 Å². The Morgan fingerprint density at radius 1 is 1.00 bits per heavy atom. The number of benzene rings is 2. The molecule has 0 amide bonds. The molecule has 0 unspecified atom stereocenters. The summed E-state index contributed by atoms with van der Waals surface area (Å²) < 4.78 is 21.3. The number of piperazine rings is 1. The second-order valence-corrected chi connectivity index (χ2v) is 9.46. The normalized spacial score (nSPS) is 15.1. The topological polar surface area (TPSA) is 40.6 Å². The Balaban J connectivity index is 1.35. The summed E-state index contributed by atoms with van der Waals surface area (Å²) in [5.74, 6) is 0.406. The zero-order chi connectivity index (χ0) is 22.8. The number of halogens is 1. The maximum atomic E-state index is 14.4. The van der Waals surface area contributed by atoms with Crippen molar-refractivity contribution in [2.75, 3.05) is 45.6 Å². The maximum absolute atomic E-state index is 14.4. The van der Waals surface area contributed by atoms with Gasteiger partial charge in [0.05, 0.1) is 10.2 Å². The number of anilines is 1. The Morgan fingerprint density at radius 2 is 1.79 bits per heavy atom. The van der Waals surface area contributed by atoms with Crippen LogP contribution in [0.1, 0.15) is 5.56 Å². The van der Waals surface area contributed by atoms with E-state index in [1.54, 1.807) is 42.8 Å². The van der Waals surface area contributed by atoms with Crippen molar-refractivity contribution in [3.63, 3.8) is 0 Å². The lowest BCUT2D eigenvalue weighted by atomic mass is 10.1. The quantitative estimate of drug-likeness (QED) is 0.399. The minimum Gasteiger partial charge on any atom is -0.453 e. The van der Waals surface area contributed by atoms with Crippen molar-refractivity contribution in [2.45, 2.75) is 6.54 Å². The highest BCUT2D eigenvalue weighted by Gasteiger charge is 2.15. The molecule has 3 heterocycles. The summed E-state index contributed by atoms with van der Waals surface area (Å²) in [7, 11) is 3.94. The van der Waals surface area contributed by atoms with Crippen LogP contribution in [0.3, 0.4) is 0 Å². The van der Waals surface area contributed by atoms with Gasteiger partial charge in [0.2, 0.25) is 0 Å². The van der Waals surface area contributed by atoms with Gasteiger partial charge in [0.25, 0.3) is 0 Å². The smallest absolute Gasteiger partial charge is 0.167 e. The number of pyridine rings is 1. The predicted molar refractivity (Wildman–Crippen MR) is 134 cm³/mol. The fourth-order valence-electron chi connectivity index (χ4n) is 4.03. The number of thiophene rings is 1. The van der Waals surface area contributed by atoms with Crippen molar-refractivity contribution in [2.24, 2.45) is 0 Å². The van der Waals surface area contributed by atoms with Gasteiger partial charge < -0.3 is 15.0 Å². The molecule has 0 radical (unpaired) electrons. The van der Waals surface area contributed by atoms with E-state index in [1.165, 1.54) is 11.6 Å². The molecular weight excluding hydrogens is 435 g/mol. The Bertz CT molecular complexity index is 1250. The summed E-state index contributed by atoms with van der Waals surface area (Å²) in [6.07, 6.45) is 1.70. The monoisotopic (exact) mass is 462 g/mol. The molecule has 1 aliphatic rings. The van der Waals surface area contributed by atoms with Gasteiger partial charge in [0, 0.05) is 68.7 Å². The Hall–Kier alpha value is -3.00. The molecule has 1 saturated heterocycles. The molecule has 170 valence electrons. The van der Waals surface area contributed by atoms with Gasteiger partial charge in [-0.1, -0.05) is 24.3 Å². The summed E-state index contributed by atoms with van der Waals surface area (Å²) >= 11 is 1.61. The lowest BCUT2D eigenvalue weighted by Gasteiger charge is -2.32. The highest BCUT2D eigenvalue weighted by Crippen LogP contribution is 2.39. The molecule has 0 spiro atoms. The van der Waals surface area contributed by atoms with Gasteiger partial charge in [-0.2, -0.15) is 0 Å². The van der Waals surface area contributed by atoms with Crippen LogP contribution in [0.15, 0.2) is 60.8 Å². The number of hydrogen-bond donors (Lipinski definition) is 1. The molecule has 1 N–H and O–H groups in total. The van der Waals surface area contributed by atoms with Crippen LogP contribution in [0.4, 0.5) is 10.1 Å². The molecule has 2 aromatic heterocycles. The number of nitrogens with one attached hydrogen (secondary N) is 1. The van der Waals surface area contributed by atoms with Crippen LogP contribution < -0.4 is 10.1 Å². The van der Waals surface area contributed by atoms with E-state index in [1.807, 2.05) is 0 Å². The van der Waals surface area contributed by atoms with Gasteiger partial charge in [-0.05, 0) is 36.4 Å².